The van der Waals surface area contributed by atoms with E-state index in [0.717, 1.165) is 25.0 Å². The number of rotatable bonds is 11. The van der Waals surface area contributed by atoms with Crippen LogP contribution >= 0.6 is 46.4 Å². The molecule has 0 heterocycles. The molecular weight excluding hydrogens is 427 g/mol. The van der Waals surface area contributed by atoms with Gasteiger partial charge in [0.25, 0.3) is 0 Å². The normalized spacial score (nSPS) is 10.3. The minimum absolute atomic E-state index is 0.0181. The molecule has 0 N–H and O–H groups in total. The van der Waals surface area contributed by atoms with Gasteiger partial charge in [0.05, 0.1) is 17.3 Å². The smallest absolute Gasteiger partial charge is 0.187 e. The lowest BCUT2D eigenvalue weighted by atomic mass is 10.2. The van der Waals surface area contributed by atoms with Gasteiger partial charge in [0, 0.05) is 6.07 Å². The molecule has 0 aliphatic heterocycles. The minimum atomic E-state index is -0.758. The molecule has 0 radical (unpaired) electrons. The molecule has 0 fully saturated rings. The first-order chi connectivity index (χ1) is 12.3. The Kier molecular flexibility index (Phi) is 11.1. The fourth-order valence-corrected chi connectivity index (χ4v) is 2.45. The van der Waals surface area contributed by atoms with Gasteiger partial charge in [-0.3, -0.25) is 0 Å². The lowest BCUT2D eigenvalue weighted by molar-refractivity contribution is 0.138. The van der Waals surface area contributed by atoms with Crippen molar-refractivity contribution in [2.75, 3.05) is 19.8 Å². The lowest BCUT2D eigenvalue weighted by Crippen LogP contribution is -2.02. The summed E-state index contributed by atoms with van der Waals surface area (Å²) in [6.45, 7) is 4.59. The molecule has 1 rings (SSSR count). The van der Waals surface area contributed by atoms with Crippen LogP contribution in [-0.2, 0) is 4.84 Å². The molecule has 0 aliphatic rings. The van der Waals surface area contributed by atoms with Gasteiger partial charge in [0.1, 0.15) is 22.7 Å². The fraction of sp³-hybridized carbons (Fsp3) is 0.471. The molecular formula is C17H20Cl4FNO3. The van der Waals surface area contributed by atoms with Crippen LogP contribution < -0.4 is 9.47 Å². The quantitative estimate of drug-likeness (QED) is 0.162. The molecule has 0 atom stereocenters. The van der Waals surface area contributed by atoms with Crippen LogP contribution in [0.2, 0.25) is 10.0 Å². The van der Waals surface area contributed by atoms with Gasteiger partial charge in [-0.25, -0.2) is 4.39 Å². The monoisotopic (exact) mass is 445 g/mol. The zero-order valence-electron chi connectivity index (χ0n) is 14.5. The molecule has 0 saturated carbocycles. The van der Waals surface area contributed by atoms with E-state index in [1.807, 2.05) is 13.8 Å². The van der Waals surface area contributed by atoms with Crippen LogP contribution in [0.1, 0.15) is 33.1 Å². The van der Waals surface area contributed by atoms with E-state index >= 15 is 0 Å². The second-order valence-electron chi connectivity index (χ2n) is 5.40. The Hall–Kier alpha value is -0.880. The van der Waals surface area contributed by atoms with Crippen molar-refractivity contribution in [1.29, 1.82) is 0 Å². The number of unbranched alkanes of at least 4 members (excludes halogenated alkanes) is 2. The van der Waals surface area contributed by atoms with Crippen LogP contribution in [0.4, 0.5) is 4.39 Å². The van der Waals surface area contributed by atoms with Crippen LogP contribution in [0, 0.1) is 5.82 Å². The molecule has 146 valence electrons. The van der Waals surface area contributed by atoms with Crippen LogP contribution in [0.15, 0.2) is 21.8 Å². The molecule has 9 heteroatoms. The van der Waals surface area contributed by atoms with E-state index in [0.29, 0.717) is 13.2 Å². The number of nitrogens with zero attached hydrogens (tertiary/aromatic N) is 1. The SMILES string of the molecule is CC(C)=NOCCCCCOc1c(Cl)cc(OCC=C(Cl)Cl)c(F)c1Cl. The van der Waals surface area contributed by atoms with E-state index in [2.05, 4.69) is 5.16 Å². The summed E-state index contributed by atoms with van der Waals surface area (Å²) in [6, 6.07) is 1.30. The highest BCUT2D eigenvalue weighted by atomic mass is 35.5. The third-order valence-corrected chi connectivity index (χ3v) is 3.86. The van der Waals surface area contributed by atoms with E-state index in [-0.39, 0.29) is 32.6 Å². The first-order valence-electron chi connectivity index (χ1n) is 7.90. The van der Waals surface area contributed by atoms with Gasteiger partial charge >= 0.3 is 0 Å². The first kappa shape index (κ1) is 23.2. The van der Waals surface area contributed by atoms with Gasteiger partial charge in [-0.05, 0) is 39.2 Å². The van der Waals surface area contributed by atoms with Crippen LogP contribution in [0.25, 0.3) is 0 Å². The van der Waals surface area contributed by atoms with Gasteiger partial charge in [0.2, 0.25) is 0 Å². The molecule has 0 spiro atoms. The van der Waals surface area contributed by atoms with E-state index in [1.54, 1.807) is 0 Å². The maximum atomic E-state index is 14.2. The van der Waals surface area contributed by atoms with E-state index < -0.39 is 5.82 Å². The third kappa shape index (κ3) is 8.67. The number of benzene rings is 1. The zero-order chi connectivity index (χ0) is 19.5. The van der Waals surface area contributed by atoms with Crippen LogP contribution in [0.3, 0.4) is 0 Å². The predicted molar refractivity (Wildman–Crippen MR) is 106 cm³/mol. The highest BCUT2D eigenvalue weighted by Crippen LogP contribution is 2.40. The van der Waals surface area contributed by atoms with Gasteiger partial charge in [-0.15, -0.1) is 0 Å². The summed E-state index contributed by atoms with van der Waals surface area (Å²) in [6.07, 6.45) is 3.80. The molecule has 0 bridgehead atoms. The number of oxime groups is 1. The van der Waals surface area contributed by atoms with E-state index in [1.165, 1.54) is 12.1 Å². The summed E-state index contributed by atoms with van der Waals surface area (Å²) in [5.41, 5.74) is 0.869. The van der Waals surface area contributed by atoms with Crippen molar-refractivity contribution in [3.05, 3.63) is 32.5 Å². The molecule has 0 aliphatic carbocycles. The summed E-state index contributed by atoms with van der Waals surface area (Å²) in [4.78, 5) is 5.09. The first-order valence-corrected chi connectivity index (χ1v) is 9.41. The number of halogens is 5. The fourth-order valence-electron chi connectivity index (χ4n) is 1.78. The highest BCUT2D eigenvalue weighted by Gasteiger charge is 2.18. The molecule has 0 aromatic heterocycles. The van der Waals surface area contributed by atoms with Gasteiger partial charge < -0.3 is 14.3 Å². The average Bonchev–Trinajstić information content (AvgIpc) is 2.56. The molecule has 1 aromatic carbocycles. The standard InChI is InChI=1S/C17H20Cl4FNO3/c1-11(2)23-26-8-5-3-4-7-25-17-12(18)10-13(16(22)15(17)21)24-9-6-14(19)20/h6,10H,3-5,7-9H2,1-2H3. The zero-order valence-corrected chi connectivity index (χ0v) is 17.5. The Balaban J connectivity index is 2.48. The van der Waals surface area contributed by atoms with E-state index in [4.69, 9.17) is 60.7 Å². The van der Waals surface area contributed by atoms with Crippen molar-refractivity contribution in [3.8, 4) is 11.5 Å². The van der Waals surface area contributed by atoms with Crippen molar-refractivity contribution in [2.45, 2.75) is 33.1 Å². The van der Waals surface area contributed by atoms with Crippen LogP contribution in [-0.4, -0.2) is 25.5 Å². The molecule has 0 unspecified atom stereocenters. The number of hydrogen-bond acceptors (Lipinski definition) is 4. The van der Waals surface area contributed by atoms with Crippen molar-refractivity contribution >= 4 is 52.1 Å². The van der Waals surface area contributed by atoms with Crippen molar-refractivity contribution in [1.82, 2.24) is 0 Å². The van der Waals surface area contributed by atoms with Gasteiger partial charge in [0.15, 0.2) is 17.3 Å². The molecule has 1 aromatic rings. The van der Waals surface area contributed by atoms with Gasteiger partial charge in [-0.1, -0.05) is 51.6 Å². The summed E-state index contributed by atoms with van der Waals surface area (Å²) < 4.78 is 25.0. The Bertz CT molecular complexity index is 645. The molecule has 4 nitrogen and oxygen atoms in total. The maximum Gasteiger partial charge on any atom is 0.187 e. The molecule has 0 saturated heterocycles. The summed E-state index contributed by atoms with van der Waals surface area (Å²) in [7, 11) is 0. The van der Waals surface area contributed by atoms with Crippen molar-refractivity contribution in [3.63, 3.8) is 0 Å². The summed E-state index contributed by atoms with van der Waals surface area (Å²) >= 11 is 23.0. The van der Waals surface area contributed by atoms with Crippen molar-refractivity contribution in [2.24, 2.45) is 5.16 Å². The molecule has 26 heavy (non-hydrogen) atoms. The second kappa shape index (κ2) is 12.5. The second-order valence-corrected chi connectivity index (χ2v) is 7.19. The Morgan fingerprint density at radius 2 is 1.81 bits per heavy atom. The molecule has 0 amide bonds. The Labute approximate surface area is 172 Å². The Morgan fingerprint density at radius 1 is 1.12 bits per heavy atom. The lowest BCUT2D eigenvalue weighted by Gasteiger charge is -2.13. The van der Waals surface area contributed by atoms with Crippen LogP contribution in [0.5, 0.6) is 11.5 Å². The predicted octanol–water partition coefficient (Wildman–Crippen LogP) is 6.79. The third-order valence-electron chi connectivity index (χ3n) is 2.93. The summed E-state index contributed by atoms with van der Waals surface area (Å²) in [5, 5.41) is 3.76. The highest BCUT2D eigenvalue weighted by molar-refractivity contribution is 6.55. The maximum absolute atomic E-state index is 14.2. The number of hydrogen-bond donors (Lipinski definition) is 0. The number of ether oxygens (including phenoxy) is 2. The minimum Gasteiger partial charge on any atom is -0.490 e. The van der Waals surface area contributed by atoms with Gasteiger partial charge in [-0.2, -0.15) is 0 Å². The average molecular weight is 447 g/mol. The summed E-state index contributed by atoms with van der Waals surface area (Å²) in [5.74, 6) is -0.778. The topological polar surface area (TPSA) is 40.0 Å². The van der Waals surface area contributed by atoms with Crippen molar-refractivity contribution < 1.29 is 18.7 Å². The van der Waals surface area contributed by atoms with E-state index in [9.17, 15) is 4.39 Å². The Morgan fingerprint density at radius 3 is 2.46 bits per heavy atom. The largest absolute Gasteiger partial charge is 0.490 e.